The molecule has 0 bridgehead atoms. The third kappa shape index (κ3) is 4.20. The normalized spacial score (nSPS) is 13.5. The molecule has 1 N–H and O–H groups in total. The van der Waals surface area contributed by atoms with Gasteiger partial charge in [0, 0.05) is 28.6 Å². The van der Waals surface area contributed by atoms with Gasteiger partial charge in [-0.15, -0.1) is 0 Å². The summed E-state index contributed by atoms with van der Waals surface area (Å²) in [7, 11) is 0. The Morgan fingerprint density at radius 1 is 1.17 bits per heavy atom. The zero-order valence-corrected chi connectivity index (χ0v) is 18.4. The van der Waals surface area contributed by atoms with Crippen molar-refractivity contribution in [2.24, 2.45) is 0 Å². The quantitative estimate of drug-likeness (QED) is 0.357. The van der Waals surface area contributed by atoms with Crippen LogP contribution in [-0.4, -0.2) is 30.6 Å². The molecule has 1 aliphatic rings. The zero-order chi connectivity index (χ0) is 20.2. The van der Waals surface area contributed by atoms with Crippen molar-refractivity contribution in [3.63, 3.8) is 0 Å². The molecule has 5 heteroatoms. The number of fused-ring (bicyclic) bond motifs is 2. The van der Waals surface area contributed by atoms with Gasteiger partial charge in [-0.05, 0) is 78.2 Å². The van der Waals surface area contributed by atoms with Crippen LogP contribution in [0, 0.1) is 0 Å². The number of rotatable bonds is 7. The maximum absolute atomic E-state index is 12.5. The Bertz CT molecular complexity index is 1010. The second-order valence-corrected chi connectivity index (χ2v) is 8.39. The van der Waals surface area contributed by atoms with Crippen molar-refractivity contribution >= 4 is 38.5 Å². The predicted octanol–water partition coefficient (Wildman–Crippen LogP) is 5.88. The summed E-state index contributed by atoms with van der Waals surface area (Å²) in [6.07, 6.45) is 5.39. The van der Waals surface area contributed by atoms with Crippen LogP contribution >= 0.6 is 15.9 Å². The van der Waals surface area contributed by atoms with E-state index in [9.17, 15) is 4.79 Å². The maximum Gasteiger partial charge on any atom is 0.355 e. The van der Waals surface area contributed by atoms with Crippen molar-refractivity contribution in [2.75, 3.05) is 24.6 Å². The minimum absolute atomic E-state index is 0.268. The fourth-order valence-corrected chi connectivity index (χ4v) is 4.79. The number of aromatic nitrogens is 1. The molecule has 4 rings (SSSR count). The minimum atomic E-state index is -0.268. The molecule has 0 aliphatic carbocycles. The van der Waals surface area contributed by atoms with Gasteiger partial charge in [-0.2, -0.15) is 0 Å². The second-order valence-electron chi connectivity index (χ2n) is 7.54. The number of ether oxygens (including phenoxy) is 1. The average molecular weight is 455 g/mol. The van der Waals surface area contributed by atoms with Crippen molar-refractivity contribution < 1.29 is 9.53 Å². The third-order valence-electron chi connectivity index (χ3n) is 5.68. The number of benzene rings is 2. The van der Waals surface area contributed by atoms with Gasteiger partial charge in [0.2, 0.25) is 0 Å². The first-order chi connectivity index (χ1) is 14.2. The molecule has 29 heavy (non-hydrogen) atoms. The van der Waals surface area contributed by atoms with Gasteiger partial charge in [0.05, 0.1) is 12.1 Å². The summed E-state index contributed by atoms with van der Waals surface area (Å²) in [4.78, 5) is 18.3. The summed E-state index contributed by atoms with van der Waals surface area (Å²) in [6.45, 7) is 4.40. The van der Waals surface area contributed by atoms with Crippen molar-refractivity contribution in [2.45, 2.75) is 39.0 Å². The first kappa shape index (κ1) is 20.0. The summed E-state index contributed by atoms with van der Waals surface area (Å²) in [5.41, 5.74) is 5.48. The number of para-hydroxylation sites is 2. The average Bonchev–Trinajstić information content (AvgIpc) is 3.11. The maximum atomic E-state index is 12.5. The first-order valence-electron chi connectivity index (χ1n) is 10.5. The number of esters is 1. The van der Waals surface area contributed by atoms with Crippen LogP contribution in [0.4, 0.5) is 5.69 Å². The Morgan fingerprint density at radius 2 is 2.03 bits per heavy atom. The number of unbranched alkanes of at least 4 members (excludes halogenated alkanes) is 1. The molecule has 2 aromatic carbocycles. The van der Waals surface area contributed by atoms with Crippen LogP contribution in [0.25, 0.3) is 10.9 Å². The Hall–Kier alpha value is -2.27. The number of aromatic amines is 1. The number of anilines is 1. The van der Waals surface area contributed by atoms with E-state index in [4.69, 9.17) is 4.74 Å². The Labute approximate surface area is 180 Å². The van der Waals surface area contributed by atoms with Gasteiger partial charge in [0.1, 0.15) is 5.69 Å². The number of hydrogen-bond donors (Lipinski definition) is 1. The molecule has 4 nitrogen and oxygen atoms in total. The molecule has 0 atom stereocenters. The fraction of sp³-hybridized carbons (Fsp3) is 0.375. The molecule has 1 aliphatic heterocycles. The number of hydrogen-bond acceptors (Lipinski definition) is 3. The zero-order valence-electron chi connectivity index (χ0n) is 16.8. The predicted molar refractivity (Wildman–Crippen MR) is 122 cm³/mol. The van der Waals surface area contributed by atoms with Gasteiger partial charge in [-0.25, -0.2) is 4.79 Å². The monoisotopic (exact) mass is 454 g/mol. The fourth-order valence-electron chi connectivity index (χ4n) is 4.32. The number of nitrogens with zero attached hydrogens (tertiary/aromatic N) is 1. The standard InChI is InChI=1S/C24H27BrN2O2/c1-2-29-24(28)23-19(18-12-7-13-20(25)22(18)26-23)11-5-6-15-27-16-8-10-17-9-3-4-14-21(17)27/h3-4,7,9,12-14,26H,2,5-6,8,10-11,15-16H2,1H3. The highest BCUT2D eigenvalue weighted by Crippen LogP contribution is 2.31. The van der Waals surface area contributed by atoms with Crippen LogP contribution in [0.3, 0.4) is 0 Å². The van der Waals surface area contributed by atoms with Gasteiger partial charge >= 0.3 is 5.97 Å². The smallest absolute Gasteiger partial charge is 0.355 e. The van der Waals surface area contributed by atoms with Crippen molar-refractivity contribution in [3.05, 3.63) is 63.8 Å². The summed E-state index contributed by atoms with van der Waals surface area (Å²) in [5.74, 6) is -0.268. The molecule has 0 radical (unpaired) electrons. The van der Waals surface area contributed by atoms with E-state index in [1.165, 1.54) is 24.1 Å². The van der Waals surface area contributed by atoms with Gasteiger partial charge < -0.3 is 14.6 Å². The van der Waals surface area contributed by atoms with E-state index in [0.29, 0.717) is 12.3 Å². The van der Waals surface area contributed by atoms with Crippen LogP contribution in [-0.2, 0) is 17.6 Å². The number of carbonyl (C=O) groups excluding carboxylic acids is 1. The van der Waals surface area contributed by atoms with E-state index in [1.807, 2.05) is 19.1 Å². The van der Waals surface area contributed by atoms with Crippen LogP contribution in [0.15, 0.2) is 46.9 Å². The minimum Gasteiger partial charge on any atom is -0.461 e. The Morgan fingerprint density at radius 3 is 2.90 bits per heavy atom. The highest BCUT2D eigenvalue weighted by Gasteiger charge is 2.20. The summed E-state index contributed by atoms with van der Waals surface area (Å²) in [6, 6.07) is 14.8. The lowest BCUT2D eigenvalue weighted by molar-refractivity contribution is 0.0519. The van der Waals surface area contributed by atoms with Gasteiger partial charge in [-0.3, -0.25) is 0 Å². The number of H-pyrrole nitrogens is 1. The summed E-state index contributed by atoms with van der Waals surface area (Å²) < 4.78 is 6.25. The Balaban J connectivity index is 1.47. The van der Waals surface area contributed by atoms with Crippen molar-refractivity contribution in [1.82, 2.24) is 4.98 Å². The van der Waals surface area contributed by atoms with Crippen molar-refractivity contribution in [1.29, 1.82) is 0 Å². The van der Waals surface area contributed by atoms with Gasteiger partial charge in [-0.1, -0.05) is 30.3 Å². The molecular formula is C24H27BrN2O2. The van der Waals surface area contributed by atoms with Crippen LogP contribution in [0.5, 0.6) is 0 Å². The molecule has 0 unspecified atom stereocenters. The van der Waals surface area contributed by atoms with E-state index >= 15 is 0 Å². The lowest BCUT2D eigenvalue weighted by atomic mass is 10.0. The molecule has 2 heterocycles. The number of carbonyl (C=O) groups is 1. The van der Waals surface area contributed by atoms with Crippen LogP contribution in [0.1, 0.15) is 47.8 Å². The van der Waals surface area contributed by atoms with Gasteiger partial charge in [0.15, 0.2) is 0 Å². The topological polar surface area (TPSA) is 45.3 Å². The number of aryl methyl sites for hydroxylation is 2. The third-order valence-corrected chi connectivity index (χ3v) is 6.34. The molecule has 0 spiro atoms. The highest BCUT2D eigenvalue weighted by molar-refractivity contribution is 9.10. The van der Waals surface area contributed by atoms with Crippen LogP contribution in [0.2, 0.25) is 0 Å². The lowest BCUT2D eigenvalue weighted by Gasteiger charge is -2.31. The van der Waals surface area contributed by atoms with Crippen LogP contribution < -0.4 is 4.90 Å². The van der Waals surface area contributed by atoms with E-state index in [2.05, 4.69) is 56.1 Å². The highest BCUT2D eigenvalue weighted by atomic mass is 79.9. The number of nitrogens with one attached hydrogen (secondary N) is 1. The molecule has 3 aromatic rings. The van der Waals surface area contributed by atoms with Crippen molar-refractivity contribution in [3.8, 4) is 0 Å². The van der Waals surface area contributed by atoms with E-state index in [-0.39, 0.29) is 5.97 Å². The lowest BCUT2D eigenvalue weighted by Crippen LogP contribution is -2.30. The summed E-state index contributed by atoms with van der Waals surface area (Å²) in [5, 5.41) is 1.10. The van der Waals surface area contributed by atoms with E-state index < -0.39 is 0 Å². The van der Waals surface area contributed by atoms with E-state index in [1.54, 1.807) is 0 Å². The largest absolute Gasteiger partial charge is 0.461 e. The molecule has 0 amide bonds. The van der Waals surface area contributed by atoms with Gasteiger partial charge in [0.25, 0.3) is 0 Å². The molecule has 0 fully saturated rings. The molecule has 0 saturated carbocycles. The SMILES string of the molecule is CCOC(=O)c1[nH]c2c(Br)cccc2c1CCCCN1CCCc2ccccc21. The Kier molecular flexibility index (Phi) is 6.24. The second kappa shape index (κ2) is 9.04. The molecular weight excluding hydrogens is 428 g/mol. The molecule has 152 valence electrons. The summed E-state index contributed by atoms with van der Waals surface area (Å²) >= 11 is 3.59. The molecule has 1 aromatic heterocycles. The first-order valence-corrected chi connectivity index (χ1v) is 11.3. The molecule has 0 saturated heterocycles. The number of halogens is 1. The van der Waals surface area contributed by atoms with E-state index in [0.717, 1.165) is 53.3 Å².